The van der Waals surface area contributed by atoms with Gasteiger partial charge in [0, 0.05) is 11.6 Å². The Bertz CT molecular complexity index is 809. The number of sulfonamides is 1. The van der Waals surface area contributed by atoms with Crippen LogP contribution in [0.1, 0.15) is 45.4 Å². The normalized spacial score (nSPS) is 15.8. The third-order valence-corrected chi connectivity index (χ3v) is 6.33. The number of rotatable bonds is 8. The highest BCUT2D eigenvalue weighted by molar-refractivity contribution is 7.92. The van der Waals surface area contributed by atoms with Gasteiger partial charge in [0.2, 0.25) is 15.9 Å². The summed E-state index contributed by atoms with van der Waals surface area (Å²) in [6.07, 6.45) is 8.97. The highest BCUT2D eigenvalue weighted by atomic mass is 35.5. The van der Waals surface area contributed by atoms with Gasteiger partial charge < -0.3 is 5.32 Å². The van der Waals surface area contributed by atoms with Gasteiger partial charge in [-0.05, 0) is 56.7 Å². The summed E-state index contributed by atoms with van der Waals surface area (Å²) in [4.78, 5) is 12.8. The fourth-order valence-electron chi connectivity index (χ4n) is 3.29. The molecule has 1 aliphatic rings. The van der Waals surface area contributed by atoms with Crippen molar-refractivity contribution in [1.82, 2.24) is 5.32 Å². The first-order valence-corrected chi connectivity index (χ1v) is 11.7. The van der Waals surface area contributed by atoms with E-state index >= 15 is 0 Å². The van der Waals surface area contributed by atoms with Crippen molar-refractivity contribution in [2.24, 2.45) is 0 Å². The number of benzene rings is 1. The van der Waals surface area contributed by atoms with E-state index in [1.165, 1.54) is 30.5 Å². The zero-order chi connectivity index (χ0) is 20.0. The number of halogens is 2. The maximum atomic E-state index is 12.8. The molecule has 0 spiro atoms. The second kappa shape index (κ2) is 9.80. The van der Waals surface area contributed by atoms with Gasteiger partial charge in [-0.25, -0.2) is 8.42 Å². The van der Waals surface area contributed by atoms with E-state index < -0.39 is 16.1 Å². The highest BCUT2D eigenvalue weighted by Crippen LogP contribution is 2.33. The Balaban J connectivity index is 2.18. The lowest BCUT2D eigenvalue weighted by atomic mass is 9.97. The summed E-state index contributed by atoms with van der Waals surface area (Å²) in [6, 6.07) is 3.68. The average Bonchev–Trinajstić information content (AvgIpc) is 2.61. The molecule has 0 saturated heterocycles. The van der Waals surface area contributed by atoms with Crippen molar-refractivity contribution in [3.05, 3.63) is 39.9 Å². The molecule has 0 fully saturated rings. The third-order valence-electron chi connectivity index (χ3n) is 4.61. The van der Waals surface area contributed by atoms with E-state index in [0.29, 0.717) is 18.0 Å². The molecule has 0 heterocycles. The Hall–Kier alpha value is -1.24. The van der Waals surface area contributed by atoms with Crippen molar-refractivity contribution in [1.29, 1.82) is 0 Å². The zero-order valence-electron chi connectivity index (χ0n) is 15.7. The Morgan fingerprint density at radius 1 is 1.30 bits per heavy atom. The fraction of sp³-hybridized carbons (Fsp3) is 0.526. The lowest BCUT2D eigenvalue weighted by Crippen LogP contribution is -2.49. The monoisotopic (exact) mass is 432 g/mol. The van der Waals surface area contributed by atoms with E-state index in [9.17, 15) is 13.2 Å². The predicted molar refractivity (Wildman–Crippen MR) is 112 cm³/mol. The first kappa shape index (κ1) is 22.1. The smallest absolute Gasteiger partial charge is 0.243 e. The standard InChI is InChI=1S/C19H26Cl2N2O3S/c1-3-17(19(24)22-12-11-14-7-5-4-6-8-14)23(27(2,25)26)18-13-15(20)9-10-16(18)21/h7,9-10,13,17H,3-6,8,11-12H2,1-2H3,(H,22,24)/t17-/m0/s1. The summed E-state index contributed by atoms with van der Waals surface area (Å²) in [6.45, 7) is 2.26. The van der Waals surface area contributed by atoms with Crippen LogP contribution in [0.2, 0.25) is 10.0 Å². The van der Waals surface area contributed by atoms with Gasteiger partial charge in [-0.1, -0.05) is 41.8 Å². The van der Waals surface area contributed by atoms with Crippen molar-refractivity contribution < 1.29 is 13.2 Å². The van der Waals surface area contributed by atoms with Gasteiger partial charge in [0.05, 0.1) is 17.0 Å². The SMILES string of the molecule is CC[C@@H](C(=O)NCCC1=CCCCC1)N(c1cc(Cl)ccc1Cl)S(C)(=O)=O. The molecule has 2 rings (SSSR count). The zero-order valence-corrected chi connectivity index (χ0v) is 18.0. The van der Waals surface area contributed by atoms with E-state index in [1.807, 2.05) is 0 Å². The Morgan fingerprint density at radius 3 is 2.63 bits per heavy atom. The molecule has 5 nitrogen and oxygen atoms in total. The lowest BCUT2D eigenvalue weighted by Gasteiger charge is -2.31. The highest BCUT2D eigenvalue weighted by Gasteiger charge is 2.32. The maximum absolute atomic E-state index is 12.8. The van der Waals surface area contributed by atoms with Crippen LogP contribution in [-0.4, -0.2) is 33.2 Å². The molecular weight excluding hydrogens is 407 g/mol. The number of nitrogens with one attached hydrogen (secondary N) is 1. The van der Waals surface area contributed by atoms with E-state index in [1.54, 1.807) is 13.0 Å². The fourth-order valence-corrected chi connectivity index (χ4v) is 4.93. The van der Waals surface area contributed by atoms with Crippen LogP contribution in [0, 0.1) is 0 Å². The summed E-state index contributed by atoms with van der Waals surface area (Å²) in [7, 11) is -3.74. The average molecular weight is 433 g/mol. The number of anilines is 1. The van der Waals surface area contributed by atoms with Gasteiger partial charge in [-0.2, -0.15) is 0 Å². The van der Waals surface area contributed by atoms with Gasteiger partial charge in [-0.15, -0.1) is 0 Å². The molecule has 1 N–H and O–H groups in total. The van der Waals surface area contributed by atoms with Crippen LogP contribution in [-0.2, 0) is 14.8 Å². The first-order valence-electron chi connectivity index (χ1n) is 9.14. The second-order valence-electron chi connectivity index (χ2n) is 6.73. The first-order chi connectivity index (χ1) is 12.7. The van der Waals surface area contributed by atoms with Crippen LogP contribution in [0.25, 0.3) is 0 Å². The van der Waals surface area contributed by atoms with E-state index in [2.05, 4.69) is 11.4 Å². The number of hydrogen-bond acceptors (Lipinski definition) is 3. The Labute approximate surface area is 171 Å². The number of allylic oxidation sites excluding steroid dienone is 1. The largest absolute Gasteiger partial charge is 0.354 e. The minimum Gasteiger partial charge on any atom is -0.354 e. The van der Waals surface area contributed by atoms with Crippen LogP contribution >= 0.6 is 23.2 Å². The summed E-state index contributed by atoms with van der Waals surface area (Å²) < 4.78 is 26.0. The van der Waals surface area contributed by atoms with Crippen LogP contribution in [0.3, 0.4) is 0 Å². The molecule has 1 amide bonds. The van der Waals surface area contributed by atoms with Gasteiger partial charge in [-0.3, -0.25) is 9.10 Å². The molecule has 8 heteroatoms. The van der Waals surface area contributed by atoms with Crippen LogP contribution in [0.15, 0.2) is 29.8 Å². The third kappa shape index (κ3) is 6.13. The van der Waals surface area contributed by atoms with E-state index in [-0.39, 0.29) is 16.6 Å². The molecule has 1 atom stereocenters. The summed E-state index contributed by atoms with van der Waals surface area (Å²) in [5.41, 5.74) is 1.57. The molecule has 1 aromatic carbocycles. The predicted octanol–water partition coefficient (Wildman–Crippen LogP) is 4.54. The van der Waals surface area contributed by atoms with E-state index in [4.69, 9.17) is 23.2 Å². The van der Waals surface area contributed by atoms with Crippen LogP contribution in [0.5, 0.6) is 0 Å². The molecule has 1 aliphatic carbocycles. The molecule has 1 aromatic rings. The number of hydrogen-bond donors (Lipinski definition) is 1. The van der Waals surface area contributed by atoms with Gasteiger partial charge in [0.15, 0.2) is 0 Å². The maximum Gasteiger partial charge on any atom is 0.243 e. The molecule has 0 radical (unpaired) electrons. The lowest BCUT2D eigenvalue weighted by molar-refractivity contribution is -0.122. The van der Waals surface area contributed by atoms with Gasteiger partial charge >= 0.3 is 0 Å². The summed E-state index contributed by atoms with van der Waals surface area (Å²) in [5.74, 6) is -0.338. The van der Waals surface area contributed by atoms with E-state index in [0.717, 1.165) is 29.8 Å². The minimum absolute atomic E-state index is 0.212. The summed E-state index contributed by atoms with van der Waals surface area (Å²) >= 11 is 12.2. The van der Waals surface area contributed by atoms with Crippen molar-refractivity contribution >= 4 is 44.8 Å². The van der Waals surface area contributed by atoms with Gasteiger partial charge in [0.1, 0.15) is 6.04 Å². The molecule has 150 valence electrons. The number of nitrogens with zero attached hydrogens (tertiary/aromatic N) is 1. The van der Waals surface area contributed by atoms with Gasteiger partial charge in [0.25, 0.3) is 0 Å². The number of amides is 1. The minimum atomic E-state index is -3.74. The molecule has 0 bridgehead atoms. The van der Waals surface area contributed by atoms with Crippen molar-refractivity contribution in [3.63, 3.8) is 0 Å². The Kier molecular flexibility index (Phi) is 8.01. The van der Waals surface area contributed by atoms with Crippen molar-refractivity contribution in [2.45, 2.75) is 51.5 Å². The van der Waals surface area contributed by atoms with Crippen molar-refractivity contribution in [3.8, 4) is 0 Å². The molecular formula is C19H26Cl2N2O3S. The van der Waals surface area contributed by atoms with Crippen LogP contribution in [0.4, 0.5) is 5.69 Å². The molecule has 0 unspecified atom stereocenters. The topological polar surface area (TPSA) is 66.5 Å². The summed E-state index contributed by atoms with van der Waals surface area (Å²) in [5, 5.41) is 3.45. The molecule has 0 saturated carbocycles. The quantitative estimate of drug-likeness (QED) is 0.612. The number of carbonyl (C=O) groups excluding carboxylic acids is 1. The number of carbonyl (C=O) groups is 1. The van der Waals surface area contributed by atoms with Crippen LogP contribution < -0.4 is 9.62 Å². The van der Waals surface area contributed by atoms with Crippen molar-refractivity contribution in [2.75, 3.05) is 17.1 Å². The molecule has 0 aliphatic heterocycles. The molecule has 0 aromatic heterocycles. The molecule has 27 heavy (non-hydrogen) atoms. The Morgan fingerprint density at radius 2 is 2.04 bits per heavy atom. The second-order valence-corrected chi connectivity index (χ2v) is 9.43.